The molecule has 1 aromatic carbocycles. The Morgan fingerprint density at radius 2 is 1.90 bits per heavy atom. The molecular weight excluding hydrogens is 280 g/mol. The standard InChI is InChI=1S/C18H29ClN2/c1-18(2,3)20-12-15-11-16(19)9-10-17(15)21(4)13-14-7-5-6-8-14/h9-11,14,20H,5-8,12-13H2,1-4H3. The van der Waals surface area contributed by atoms with E-state index in [0.29, 0.717) is 0 Å². The number of nitrogens with zero attached hydrogens (tertiary/aromatic N) is 1. The highest BCUT2D eigenvalue weighted by Crippen LogP contribution is 2.29. The van der Waals surface area contributed by atoms with Crippen LogP contribution in [0.15, 0.2) is 18.2 Å². The molecular formula is C18H29ClN2. The summed E-state index contributed by atoms with van der Waals surface area (Å²) in [6, 6.07) is 6.26. The van der Waals surface area contributed by atoms with Crippen LogP contribution in [0, 0.1) is 5.92 Å². The molecule has 1 saturated carbocycles. The lowest BCUT2D eigenvalue weighted by molar-refractivity contribution is 0.424. The second kappa shape index (κ2) is 7.02. The first-order valence-corrected chi connectivity index (χ1v) is 8.47. The zero-order valence-electron chi connectivity index (χ0n) is 13.9. The fourth-order valence-electron chi connectivity index (χ4n) is 3.11. The molecule has 1 aliphatic rings. The Labute approximate surface area is 134 Å². The van der Waals surface area contributed by atoms with Crippen molar-refractivity contribution in [2.75, 3.05) is 18.5 Å². The van der Waals surface area contributed by atoms with Crippen molar-refractivity contribution in [1.29, 1.82) is 0 Å². The van der Waals surface area contributed by atoms with E-state index in [0.717, 1.165) is 24.0 Å². The van der Waals surface area contributed by atoms with Crippen LogP contribution < -0.4 is 10.2 Å². The third-order valence-electron chi connectivity index (χ3n) is 4.27. The van der Waals surface area contributed by atoms with Crippen molar-refractivity contribution < 1.29 is 0 Å². The van der Waals surface area contributed by atoms with Gasteiger partial charge in [0.2, 0.25) is 0 Å². The molecule has 0 bridgehead atoms. The zero-order chi connectivity index (χ0) is 15.5. The smallest absolute Gasteiger partial charge is 0.0410 e. The van der Waals surface area contributed by atoms with Gasteiger partial charge in [0.25, 0.3) is 0 Å². The third-order valence-corrected chi connectivity index (χ3v) is 4.50. The maximum Gasteiger partial charge on any atom is 0.0410 e. The number of nitrogens with one attached hydrogen (secondary N) is 1. The van der Waals surface area contributed by atoms with Gasteiger partial charge in [0.05, 0.1) is 0 Å². The Hall–Kier alpha value is -0.730. The van der Waals surface area contributed by atoms with Gasteiger partial charge in [0.1, 0.15) is 0 Å². The van der Waals surface area contributed by atoms with Crippen LogP contribution in [-0.2, 0) is 6.54 Å². The fraction of sp³-hybridized carbons (Fsp3) is 0.667. The van der Waals surface area contributed by atoms with E-state index in [1.54, 1.807) is 0 Å². The van der Waals surface area contributed by atoms with Crippen LogP contribution in [0.1, 0.15) is 52.0 Å². The fourth-order valence-corrected chi connectivity index (χ4v) is 3.30. The van der Waals surface area contributed by atoms with E-state index in [1.807, 2.05) is 6.07 Å². The summed E-state index contributed by atoms with van der Waals surface area (Å²) in [6.45, 7) is 8.59. The Kier molecular flexibility index (Phi) is 5.56. The summed E-state index contributed by atoms with van der Waals surface area (Å²) in [5.74, 6) is 0.856. The Morgan fingerprint density at radius 3 is 2.52 bits per heavy atom. The van der Waals surface area contributed by atoms with Gasteiger partial charge in [-0.1, -0.05) is 24.4 Å². The van der Waals surface area contributed by atoms with Crippen LogP contribution in [0.25, 0.3) is 0 Å². The Balaban J connectivity index is 2.09. The normalized spacial score (nSPS) is 16.4. The second-order valence-corrected chi connectivity index (χ2v) is 7.84. The SMILES string of the molecule is CN(CC1CCCC1)c1ccc(Cl)cc1CNC(C)(C)C. The minimum Gasteiger partial charge on any atom is -0.374 e. The minimum atomic E-state index is 0.115. The quantitative estimate of drug-likeness (QED) is 0.836. The zero-order valence-corrected chi connectivity index (χ0v) is 14.6. The molecule has 3 heteroatoms. The molecule has 21 heavy (non-hydrogen) atoms. The van der Waals surface area contributed by atoms with Gasteiger partial charge >= 0.3 is 0 Å². The number of halogens is 1. The van der Waals surface area contributed by atoms with Crippen LogP contribution >= 0.6 is 11.6 Å². The number of benzene rings is 1. The molecule has 0 aliphatic heterocycles. The van der Waals surface area contributed by atoms with Crippen molar-refractivity contribution in [2.45, 2.75) is 58.5 Å². The van der Waals surface area contributed by atoms with E-state index < -0.39 is 0 Å². The van der Waals surface area contributed by atoms with Gasteiger partial charge in [0.15, 0.2) is 0 Å². The predicted octanol–water partition coefficient (Wildman–Crippen LogP) is 4.85. The van der Waals surface area contributed by atoms with E-state index in [-0.39, 0.29) is 5.54 Å². The summed E-state index contributed by atoms with van der Waals surface area (Å²) in [5, 5.41) is 4.39. The van der Waals surface area contributed by atoms with Crippen molar-refractivity contribution in [3.05, 3.63) is 28.8 Å². The molecule has 0 amide bonds. The summed E-state index contributed by atoms with van der Waals surface area (Å²) in [4.78, 5) is 2.41. The molecule has 1 aromatic rings. The van der Waals surface area contributed by atoms with E-state index in [9.17, 15) is 0 Å². The number of hydrogen-bond donors (Lipinski definition) is 1. The number of anilines is 1. The van der Waals surface area contributed by atoms with Crippen LogP contribution in [0.5, 0.6) is 0 Å². The van der Waals surface area contributed by atoms with E-state index in [4.69, 9.17) is 11.6 Å². The molecule has 0 aromatic heterocycles. The molecule has 0 heterocycles. The van der Waals surface area contributed by atoms with Gasteiger partial charge in [-0.15, -0.1) is 0 Å². The van der Waals surface area contributed by atoms with Crippen LogP contribution in [0.3, 0.4) is 0 Å². The largest absolute Gasteiger partial charge is 0.374 e. The lowest BCUT2D eigenvalue weighted by Crippen LogP contribution is -2.35. The molecule has 2 rings (SSSR count). The molecule has 0 spiro atoms. The first-order valence-electron chi connectivity index (χ1n) is 8.10. The highest BCUT2D eigenvalue weighted by atomic mass is 35.5. The maximum atomic E-state index is 6.20. The van der Waals surface area contributed by atoms with Gasteiger partial charge in [-0.05, 0) is 63.3 Å². The number of hydrogen-bond acceptors (Lipinski definition) is 2. The van der Waals surface area contributed by atoms with Crippen LogP contribution in [0.2, 0.25) is 5.02 Å². The summed E-state index contributed by atoms with van der Waals surface area (Å²) < 4.78 is 0. The average molecular weight is 309 g/mol. The van der Waals surface area contributed by atoms with Gasteiger partial charge in [0, 0.05) is 36.4 Å². The lowest BCUT2D eigenvalue weighted by atomic mass is 10.1. The highest BCUT2D eigenvalue weighted by molar-refractivity contribution is 6.30. The van der Waals surface area contributed by atoms with E-state index in [1.165, 1.54) is 36.9 Å². The molecule has 0 saturated heterocycles. The summed E-state index contributed by atoms with van der Waals surface area (Å²) >= 11 is 6.20. The third kappa shape index (κ3) is 5.19. The second-order valence-electron chi connectivity index (χ2n) is 7.41. The van der Waals surface area contributed by atoms with Crippen LogP contribution in [-0.4, -0.2) is 19.1 Å². The molecule has 1 N–H and O–H groups in total. The average Bonchev–Trinajstić information content (AvgIpc) is 2.88. The molecule has 118 valence electrons. The summed E-state index contributed by atoms with van der Waals surface area (Å²) in [5.41, 5.74) is 2.71. The van der Waals surface area contributed by atoms with E-state index in [2.05, 4.69) is 50.2 Å². The monoisotopic (exact) mass is 308 g/mol. The minimum absolute atomic E-state index is 0.115. The number of rotatable bonds is 5. The van der Waals surface area contributed by atoms with Crippen LogP contribution in [0.4, 0.5) is 5.69 Å². The molecule has 2 nitrogen and oxygen atoms in total. The first kappa shape index (κ1) is 16.6. The van der Waals surface area contributed by atoms with Crippen molar-refractivity contribution in [2.24, 2.45) is 5.92 Å². The van der Waals surface area contributed by atoms with Gasteiger partial charge in [-0.25, -0.2) is 0 Å². The van der Waals surface area contributed by atoms with E-state index >= 15 is 0 Å². The van der Waals surface area contributed by atoms with Gasteiger partial charge < -0.3 is 10.2 Å². The van der Waals surface area contributed by atoms with Gasteiger partial charge in [-0.3, -0.25) is 0 Å². The molecule has 0 unspecified atom stereocenters. The van der Waals surface area contributed by atoms with Crippen molar-refractivity contribution in [3.8, 4) is 0 Å². The summed E-state index contributed by atoms with van der Waals surface area (Å²) in [7, 11) is 2.21. The molecule has 0 atom stereocenters. The Bertz CT molecular complexity index is 459. The topological polar surface area (TPSA) is 15.3 Å². The molecule has 1 aliphatic carbocycles. The first-order chi connectivity index (χ1) is 9.85. The predicted molar refractivity (Wildman–Crippen MR) is 93.3 cm³/mol. The van der Waals surface area contributed by atoms with Crippen molar-refractivity contribution in [1.82, 2.24) is 5.32 Å². The molecule has 0 radical (unpaired) electrons. The molecule has 1 fully saturated rings. The summed E-state index contributed by atoms with van der Waals surface area (Å²) in [6.07, 6.45) is 5.57. The van der Waals surface area contributed by atoms with Gasteiger partial charge in [-0.2, -0.15) is 0 Å². The maximum absolute atomic E-state index is 6.20. The van der Waals surface area contributed by atoms with Crippen molar-refractivity contribution in [3.63, 3.8) is 0 Å². The lowest BCUT2D eigenvalue weighted by Gasteiger charge is -2.27. The Morgan fingerprint density at radius 1 is 1.24 bits per heavy atom. The highest BCUT2D eigenvalue weighted by Gasteiger charge is 2.19. The van der Waals surface area contributed by atoms with Crippen molar-refractivity contribution >= 4 is 17.3 Å².